The predicted octanol–water partition coefficient (Wildman–Crippen LogP) is 3.99. The summed E-state index contributed by atoms with van der Waals surface area (Å²) in [6, 6.07) is 17.2. The van der Waals surface area contributed by atoms with Gasteiger partial charge in [0.25, 0.3) is 0 Å². The maximum atomic E-state index is 11.7. The van der Waals surface area contributed by atoms with Crippen LogP contribution in [0.4, 0.5) is 0 Å². The molecular weight excluding hydrogens is 292 g/mol. The summed E-state index contributed by atoms with van der Waals surface area (Å²) in [6.45, 7) is 4.54. The smallest absolute Gasteiger partial charge is 0.347 e. The first-order valence-electron chi connectivity index (χ1n) is 7.83. The lowest BCUT2D eigenvalue weighted by atomic mass is 10.2. The Morgan fingerprint density at radius 1 is 0.957 bits per heavy atom. The van der Waals surface area contributed by atoms with Gasteiger partial charge >= 0.3 is 5.97 Å². The van der Waals surface area contributed by atoms with Crippen LogP contribution in [0.1, 0.15) is 25.8 Å². The molecular formula is C19H22O4. The van der Waals surface area contributed by atoms with Crippen molar-refractivity contribution in [3.63, 3.8) is 0 Å². The van der Waals surface area contributed by atoms with E-state index in [-0.39, 0.29) is 5.97 Å². The zero-order chi connectivity index (χ0) is 16.5. The molecule has 0 radical (unpaired) electrons. The van der Waals surface area contributed by atoms with Crippen LogP contribution in [0.25, 0.3) is 0 Å². The highest BCUT2D eigenvalue weighted by atomic mass is 16.6. The largest absolute Gasteiger partial charge is 0.489 e. The number of ether oxygens (including phenoxy) is 3. The molecule has 1 atom stereocenters. The quantitative estimate of drug-likeness (QED) is 0.691. The molecule has 0 saturated heterocycles. The van der Waals surface area contributed by atoms with Gasteiger partial charge in [0.2, 0.25) is 0 Å². The molecule has 4 heteroatoms. The van der Waals surface area contributed by atoms with Crippen LogP contribution in [0.5, 0.6) is 11.5 Å². The Hall–Kier alpha value is -2.49. The van der Waals surface area contributed by atoms with Crippen LogP contribution >= 0.6 is 0 Å². The van der Waals surface area contributed by atoms with Gasteiger partial charge in [0, 0.05) is 0 Å². The van der Waals surface area contributed by atoms with Crippen molar-refractivity contribution in [2.75, 3.05) is 6.61 Å². The number of carbonyl (C=O) groups is 1. The fourth-order valence-corrected chi connectivity index (χ4v) is 2.05. The number of rotatable bonds is 8. The van der Waals surface area contributed by atoms with Gasteiger partial charge < -0.3 is 14.2 Å². The molecule has 0 unspecified atom stereocenters. The number of hydrogen-bond acceptors (Lipinski definition) is 4. The molecule has 0 heterocycles. The van der Waals surface area contributed by atoms with Crippen LogP contribution in [0.15, 0.2) is 54.6 Å². The molecule has 0 saturated carbocycles. The van der Waals surface area contributed by atoms with Gasteiger partial charge in [0.05, 0.1) is 6.61 Å². The first kappa shape index (κ1) is 16.9. The van der Waals surface area contributed by atoms with Gasteiger partial charge in [-0.2, -0.15) is 0 Å². The first-order valence-corrected chi connectivity index (χ1v) is 7.83. The Bertz CT molecular complexity index is 593. The van der Waals surface area contributed by atoms with Crippen molar-refractivity contribution in [1.82, 2.24) is 0 Å². The van der Waals surface area contributed by atoms with E-state index in [4.69, 9.17) is 14.2 Å². The third kappa shape index (κ3) is 5.33. The third-order valence-electron chi connectivity index (χ3n) is 3.27. The fourth-order valence-electron chi connectivity index (χ4n) is 2.05. The Labute approximate surface area is 137 Å². The first-order chi connectivity index (χ1) is 11.2. The second-order valence-corrected chi connectivity index (χ2v) is 5.01. The lowest BCUT2D eigenvalue weighted by Gasteiger charge is -2.16. The van der Waals surface area contributed by atoms with Crippen LogP contribution in [0, 0.1) is 0 Å². The van der Waals surface area contributed by atoms with Gasteiger partial charge in [-0.05, 0) is 43.2 Å². The van der Waals surface area contributed by atoms with Crippen LogP contribution in [0.2, 0.25) is 0 Å². The summed E-state index contributed by atoms with van der Waals surface area (Å²) in [5, 5.41) is 0. The van der Waals surface area contributed by atoms with Gasteiger partial charge in [-0.1, -0.05) is 37.3 Å². The molecule has 0 bridgehead atoms. The number of hydrogen-bond donors (Lipinski definition) is 0. The number of carbonyl (C=O) groups excluding carboxylic acids is 1. The van der Waals surface area contributed by atoms with Crippen LogP contribution in [0.3, 0.4) is 0 Å². The van der Waals surface area contributed by atoms with Gasteiger partial charge in [0.1, 0.15) is 18.1 Å². The summed E-state index contributed by atoms with van der Waals surface area (Å²) >= 11 is 0. The van der Waals surface area contributed by atoms with E-state index in [0.717, 1.165) is 11.3 Å². The molecule has 0 aliphatic heterocycles. The molecule has 2 aromatic carbocycles. The van der Waals surface area contributed by atoms with Crippen LogP contribution in [-0.4, -0.2) is 18.7 Å². The molecule has 0 aliphatic carbocycles. The Morgan fingerprint density at radius 2 is 1.61 bits per heavy atom. The van der Waals surface area contributed by atoms with E-state index in [2.05, 4.69) is 0 Å². The lowest BCUT2D eigenvalue weighted by Crippen LogP contribution is -2.28. The van der Waals surface area contributed by atoms with E-state index >= 15 is 0 Å². The zero-order valence-corrected chi connectivity index (χ0v) is 13.5. The maximum Gasteiger partial charge on any atom is 0.347 e. The monoisotopic (exact) mass is 314 g/mol. The van der Waals surface area contributed by atoms with Gasteiger partial charge in [-0.3, -0.25) is 0 Å². The normalized spacial score (nSPS) is 11.6. The van der Waals surface area contributed by atoms with Crippen molar-refractivity contribution in [2.24, 2.45) is 0 Å². The van der Waals surface area contributed by atoms with E-state index in [1.165, 1.54) is 0 Å². The molecule has 0 N–H and O–H groups in total. The minimum absolute atomic E-state index is 0.334. The molecule has 122 valence electrons. The van der Waals surface area contributed by atoms with E-state index < -0.39 is 6.10 Å². The van der Waals surface area contributed by atoms with Crippen molar-refractivity contribution in [2.45, 2.75) is 33.0 Å². The standard InChI is InChI=1S/C19H22O4/c1-3-18(19(20)21-4-2)23-17-12-10-16(11-13-17)22-14-15-8-6-5-7-9-15/h5-13,18H,3-4,14H2,1-2H3/t18-/m0/s1. The van der Waals surface area contributed by atoms with Gasteiger partial charge in [0.15, 0.2) is 6.10 Å². The summed E-state index contributed by atoms with van der Waals surface area (Å²) < 4.78 is 16.4. The molecule has 0 fully saturated rings. The van der Waals surface area contributed by atoms with E-state index in [1.807, 2.05) is 49.4 Å². The minimum Gasteiger partial charge on any atom is -0.489 e. The SMILES string of the molecule is CCOC(=O)[C@H](CC)Oc1ccc(OCc2ccccc2)cc1. The summed E-state index contributed by atoms with van der Waals surface area (Å²) in [6.07, 6.45) is -0.0171. The molecule has 4 nitrogen and oxygen atoms in total. The fraction of sp³-hybridized carbons (Fsp3) is 0.316. The average Bonchev–Trinajstić information content (AvgIpc) is 2.60. The van der Waals surface area contributed by atoms with Crippen molar-refractivity contribution in [1.29, 1.82) is 0 Å². The molecule has 23 heavy (non-hydrogen) atoms. The van der Waals surface area contributed by atoms with Gasteiger partial charge in [-0.15, -0.1) is 0 Å². The molecule has 0 aliphatic rings. The van der Waals surface area contributed by atoms with Crippen molar-refractivity contribution in [3.8, 4) is 11.5 Å². The summed E-state index contributed by atoms with van der Waals surface area (Å²) in [4.78, 5) is 11.7. The van der Waals surface area contributed by atoms with E-state index in [1.54, 1.807) is 19.1 Å². The average molecular weight is 314 g/mol. The molecule has 0 spiro atoms. The van der Waals surface area contributed by atoms with Crippen molar-refractivity contribution < 1.29 is 19.0 Å². The lowest BCUT2D eigenvalue weighted by molar-refractivity contribution is -0.151. The van der Waals surface area contributed by atoms with E-state index in [9.17, 15) is 4.79 Å². The summed E-state index contributed by atoms with van der Waals surface area (Å²) in [5.74, 6) is 1.04. The summed E-state index contributed by atoms with van der Waals surface area (Å²) in [7, 11) is 0. The van der Waals surface area contributed by atoms with Crippen molar-refractivity contribution >= 4 is 5.97 Å². The second kappa shape index (κ2) is 8.83. The highest BCUT2D eigenvalue weighted by molar-refractivity contribution is 5.75. The Morgan fingerprint density at radius 3 is 2.22 bits per heavy atom. The molecule has 0 amide bonds. The maximum absolute atomic E-state index is 11.7. The van der Waals surface area contributed by atoms with E-state index in [0.29, 0.717) is 25.4 Å². The topological polar surface area (TPSA) is 44.8 Å². The minimum atomic E-state index is -0.578. The zero-order valence-electron chi connectivity index (χ0n) is 13.5. The van der Waals surface area contributed by atoms with Crippen molar-refractivity contribution in [3.05, 3.63) is 60.2 Å². The highest BCUT2D eigenvalue weighted by Crippen LogP contribution is 2.20. The number of esters is 1. The second-order valence-electron chi connectivity index (χ2n) is 5.01. The number of benzene rings is 2. The Balaban J connectivity index is 1.89. The van der Waals surface area contributed by atoms with Gasteiger partial charge in [-0.25, -0.2) is 4.79 Å². The Kier molecular flexibility index (Phi) is 6.48. The molecule has 2 rings (SSSR count). The van der Waals surface area contributed by atoms with Crippen LogP contribution < -0.4 is 9.47 Å². The molecule has 2 aromatic rings. The third-order valence-corrected chi connectivity index (χ3v) is 3.27. The summed E-state index contributed by atoms with van der Waals surface area (Å²) in [5.41, 5.74) is 1.11. The molecule has 0 aromatic heterocycles. The highest BCUT2D eigenvalue weighted by Gasteiger charge is 2.19. The van der Waals surface area contributed by atoms with Crippen LogP contribution in [-0.2, 0) is 16.1 Å². The predicted molar refractivity (Wildman–Crippen MR) is 88.6 cm³/mol.